The number of nitrogens with zero attached hydrogens (tertiary/aromatic N) is 3. The van der Waals surface area contributed by atoms with Crippen LogP contribution in [0.4, 0.5) is 0 Å². The highest BCUT2D eigenvalue weighted by molar-refractivity contribution is 5.94. The van der Waals surface area contributed by atoms with E-state index in [1.165, 1.54) is 25.4 Å². The zero-order valence-corrected chi connectivity index (χ0v) is 14.0. The molecule has 1 amide bonds. The molecule has 0 bridgehead atoms. The van der Waals surface area contributed by atoms with Crippen LogP contribution in [-0.2, 0) is 11.3 Å². The summed E-state index contributed by atoms with van der Waals surface area (Å²) in [4.78, 5) is 32.0. The van der Waals surface area contributed by atoms with Gasteiger partial charge < -0.3 is 14.6 Å². The SMILES string of the molecule is COC(=O)c1ccc(C(=O)NCCn2c(C)nc3ccccc32)nc1. The summed E-state index contributed by atoms with van der Waals surface area (Å²) in [5.74, 6) is 0.122. The Hall–Kier alpha value is -3.22. The summed E-state index contributed by atoms with van der Waals surface area (Å²) in [5, 5.41) is 2.83. The number of amides is 1. The topological polar surface area (TPSA) is 86.1 Å². The van der Waals surface area contributed by atoms with Gasteiger partial charge in [-0.25, -0.2) is 9.78 Å². The molecule has 1 aromatic carbocycles. The van der Waals surface area contributed by atoms with E-state index in [-0.39, 0.29) is 11.6 Å². The molecule has 0 atom stereocenters. The van der Waals surface area contributed by atoms with Crippen LogP contribution in [0.1, 0.15) is 26.7 Å². The largest absolute Gasteiger partial charge is 0.465 e. The number of imidazole rings is 1. The van der Waals surface area contributed by atoms with Crippen molar-refractivity contribution in [1.29, 1.82) is 0 Å². The van der Waals surface area contributed by atoms with E-state index < -0.39 is 5.97 Å². The first-order chi connectivity index (χ1) is 12.1. The van der Waals surface area contributed by atoms with Gasteiger partial charge in [0.1, 0.15) is 11.5 Å². The number of aromatic nitrogens is 3. The molecule has 0 aliphatic carbocycles. The third-order valence-electron chi connectivity index (χ3n) is 3.88. The summed E-state index contributed by atoms with van der Waals surface area (Å²) in [5.41, 5.74) is 2.53. The third-order valence-corrected chi connectivity index (χ3v) is 3.88. The van der Waals surface area contributed by atoms with E-state index >= 15 is 0 Å². The lowest BCUT2D eigenvalue weighted by molar-refractivity contribution is 0.0599. The van der Waals surface area contributed by atoms with Gasteiger partial charge in [-0.2, -0.15) is 0 Å². The number of esters is 1. The molecule has 0 fully saturated rings. The van der Waals surface area contributed by atoms with Crippen LogP contribution in [0.25, 0.3) is 11.0 Å². The summed E-state index contributed by atoms with van der Waals surface area (Å²) in [6.45, 7) is 2.99. The van der Waals surface area contributed by atoms with Gasteiger partial charge in [-0.15, -0.1) is 0 Å². The second-order valence-electron chi connectivity index (χ2n) is 5.48. The van der Waals surface area contributed by atoms with Gasteiger partial charge in [0.05, 0.1) is 23.7 Å². The fraction of sp³-hybridized carbons (Fsp3) is 0.222. The van der Waals surface area contributed by atoms with E-state index in [1.807, 2.05) is 31.2 Å². The number of hydrogen-bond acceptors (Lipinski definition) is 5. The Balaban J connectivity index is 1.62. The predicted molar refractivity (Wildman–Crippen MR) is 92.4 cm³/mol. The van der Waals surface area contributed by atoms with Crippen LogP contribution in [0.15, 0.2) is 42.6 Å². The van der Waals surface area contributed by atoms with E-state index in [0.717, 1.165) is 16.9 Å². The van der Waals surface area contributed by atoms with Crippen molar-refractivity contribution in [2.45, 2.75) is 13.5 Å². The van der Waals surface area contributed by atoms with Crippen LogP contribution in [0.5, 0.6) is 0 Å². The minimum absolute atomic E-state index is 0.250. The molecule has 0 saturated carbocycles. The van der Waals surface area contributed by atoms with Crippen molar-refractivity contribution in [3.63, 3.8) is 0 Å². The Morgan fingerprint density at radius 1 is 1.20 bits per heavy atom. The van der Waals surface area contributed by atoms with Gasteiger partial charge in [0.25, 0.3) is 5.91 Å². The lowest BCUT2D eigenvalue weighted by Crippen LogP contribution is -2.28. The first-order valence-corrected chi connectivity index (χ1v) is 7.84. The molecule has 3 rings (SSSR count). The molecule has 7 heteroatoms. The quantitative estimate of drug-likeness (QED) is 0.719. The van der Waals surface area contributed by atoms with E-state index in [1.54, 1.807) is 0 Å². The van der Waals surface area contributed by atoms with E-state index in [2.05, 4.69) is 24.6 Å². The molecule has 2 aromatic heterocycles. The van der Waals surface area contributed by atoms with Gasteiger partial charge in [0.2, 0.25) is 0 Å². The summed E-state index contributed by atoms with van der Waals surface area (Å²) < 4.78 is 6.66. The van der Waals surface area contributed by atoms with Gasteiger partial charge in [-0.05, 0) is 31.2 Å². The van der Waals surface area contributed by atoms with Crippen molar-refractivity contribution < 1.29 is 14.3 Å². The predicted octanol–water partition coefficient (Wildman–Crippen LogP) is 1.96. The number of fused-ring (bicyclic) bond motifs is 1. The molecule has 7 nitrogen and oxygen atoms in total. The minimum Gasteiger partial charge on any atom is -0.465 e. The van der Waals surface area contributed by atoms with Crippen molar-refractivity contribution in [3.8, 4) is 0 Å². The smallest absolute Gasteiger partial charge is 0.339 e. The van der Waals surface area contributed by atoms with Crippen LogP contribution in [-0.4, -0.2) is 40.1 Å². The first kappa shape index (κ1) is 16.6. The molecule has 0 saturated heterocycles. The number of rotatable bonds is 5. The number of nitrogens with one attached hydrogen (secondary N) is 1. The molecule has 1 N–H and O–H groups in total. The number of para-hydroxylation sites is 2. The molecule has 0 aliphatic rings. The Bertz CT molecular complexity index is 916. The molecule has 0 radical (unpaired) electrons. The number of carbonyl (C=O) groups excluding carboxylic acids is 2. The van der Waals surface area contributed by atoms with Crippen molar-refractivity contribution in [2.24, 2.45) is 0 Å². The van der Waals surface area contributed by atoms with Gasteiger partial charge in [-0.1, -0.05) is 12.1 Å². The molecule has 25 heavy (non-hydrogen) atoms. The minimum atomic E-state index is -0.484. The highest BCUT2D eigenvalue weighted by atomic mass is 16.5. The first-order valence-electron chi connectivity index (χ1n) is 7.84. The zero-order chi connectivity index (χ0) is 17.8. The van der Waals surface area contributed by atoms with Crippen LogP contribution in [0.3, 0.4) is 0 Å². The van der Waals surface area contributed by atoms with Crippen molar-refractivity contribution >= 4 is 22.9 Å². The second kappa shape index (κ2) is 7.12. The molecule has 0 unspecified atom stereocenters. The molecule has 3 aromatic rings. The van der Waals surface area contributed by atoms with Crippen molar-refractivity contribution in [3.05, 3.63) is 59.7 Å². The molecule has 2 heterocycles. The molecular formula is C18H18N4O3. The maximum Gasteiger partial charge on any atom is 0.339 e. The van der Waals surface area contributed by atoms with Gasteiger partial charge >= 0.3 is 5.97 Å². The number of ether oxygens (including phenoxy) is 1. The Morgan fingerprint density at radius 3 is 2.72 bits per heavy atom. The summed E-state index contributed by atoms with van der Waals surface area (Å²) in [6, 6.07) is 10.9. The summed E-state index contributed by atoms with van der Waals surface area (Å²) in [6.07, 6.45) is 1.33. The maximum atomic E-state index is 12.2. The van der Waals surface area contributed by atoms with Crippen LogP contribution < -0.4 is 5.32 Å². The van der Waals surface area contributed by atoms with Crippen molar-refractivity contribution in [1.82, 2.24) is 19.9 Å². The van der Waals surface area contributed by atoms with E-state index in [9.17, 15) is 9.59 Å². The molecule has 0 spiro atoms. The standard InChI is InChI=1S/C18H18N4O3/c1-12-21-14-5-3-4-6-16(14)22(12)10-9-19-17(23)15-8-7-13(11-20-15)18(24)25-2/h3-8,11H,9-10H2,1-2H3,(H,19,23). The lowest BCUT2D eigenvalue weighted by atomic mass is 10.2. The lowest BCUT2D eigenvalue weighted by Gasteiger charge is -2.08. The van der Waals surface area contributed by atoms with Gasteiger partial charge in [0.15, 0.2) is 0 Å². The molecule has 0 aliphatic heterocycles. The number of benzene rings is 1. The van der Waals surface area contributed by atoms with Crippen molar-refractivity contribution in [2.75, 3.05) is 13.7 Å². The highest BCUT2D eigenvalue weighted by Gasteiger charge is 2.11. The van der Waals surface area contributed by atoms with E-state index in [4.69, 9.17) is 0 Å². The van der Waals surface area contributed by atoms with Gasteiger partial charge in [0, 0.05) is 19.3 Å². The van der Waals surface area contributed by atoms with E-state index in [0.29, 0.717) is 18.7 Å². The Labute approximate surface area is 144 Å². The average molecular weight is 338 g/mol. The number of hydrogen-bond donors (Lipinski definition) is 1. The maximum absolute atomic E-state index is 12.2. The fourth-order valence-electron chi connectivity index (χ4n) is 2.62. The number of aryl methyl sites for hydroxylation is 1. The highest BCUT2D eigenvalue weighted by Crippen LogP contribution is 2.14. The van der Waals surface area contributed by atoms with Crippen LogP contribution in [0.2, 0.25) is 0 Å². The monoisotopic (exact) mass is 338 g/mol. The zero-order valence-electron chi connectivity index (χ0n) is 14.0. The molecular weight excluding hydrogens is 320 g/mol. The summed E-state index contributed by atoms with van der Waals surface area (Å²) in [7, 11) is 1.30. The Kier molecular flexibility index (Phi) is 4.74. The molecule has 128 valence electrons. The Morgan fingerprint density at radius 2 is 2.00 bits per heavy atom. The summed E-state index contributed by atoms with van der Waals surface area (Å²) >= 11 is 0. The number of methoxy groups -OCH3 is 1. The third kappa shape index (κ3) is 3.50. The van der Waals surface area contributed by atoms with Crippen LogP contribution in [0, 0.1) is 6.92 Å². The number of carbonyl (C=O) groups is 2. The normalized spacial score (nSPS) is 10.6. The average Bonchev–Trinajstić information content (AvgIpc) is 2.96. The van der Waals surface area contributed by atoms with Gasteiger partial charge in [-0.3, -0.25) is 9.78 Å². The fourth-order valence-corrected chi connectivity index (χ4v) is 2.62. The number of pyridine rings is 1. The van der Waals surface area contributed by atoms with Crippen LogP contribution >= 0.6 is 0 Å². The second-order valence-corrected chi connectivity index (χ2v) is 5.48.